The summed E-state index contributed by atoms with van der Waals surface area (Å²) in [6.45, 7) is 6.57. The molecule has 10 heteroatoms. The second-order valence-corrected chi connectivity index (χ2v) is 10.0. The number of rotatable bonds is 3. The molecule has 0 N–H and O–H groups in total. The van der Waals surface area contributed by atoms with Gasteiger partial charge in [0.25, 0.3) is 11.8 Å². The van der Waals surface area contributed by atoms with Crippen molar-refractivity contribution >= 4 is 17.1 Å². The summed E-state index contributed by atoms with van der Waals surface area (Å²) in [6.07, 6.45) is 2.78. The molecule has 5 rings (SSSR count). The van der Waals surface area contributed by atoms with Gasteiger partial charge in [0.2, 0.25) is 0 Å². The highest BCUT2D eigenvalue weighted by Gasteiger charge is 2.83. The van der Waals surface area contributed by atoms with Crippen molar-refractivity contribution in [2.45, 2.75) is 45.1 Å². The Morgan fingerprint density at radius 1 is 1.31 bits per heavy atom. The molecule has 3 aromatic rings. The molecule has 0 radical (unpaired) electrons. The van der Waals surface area contributed by atoms with Gasteiger partial charge in [-0.25, -0.2) is 23.5 Å². The Bertz CT molecular complexity index is 1270. The van der Waals surface area contributed by atoms with Crippen molar-refractivity contribution in [1.29, 1.82) is 0 Å². The third-order valence-corrected chi connectivity index (χ3v) is 6.64. The van der Waals surface area contributed by atoms with Crippen LogP contribution in [0, 0.1) is 11.3 Å². The third-order valence-electron chi connectivity index (χ3n) is 6.64. The van der Waals surface area contributed by atoms with E-state index in [9.17, 15) is 9.59 Å². The van der Waals surface area contributed by atoms with Gasteiger partial charge in [-0.1, -0.05) is 20.8 Å². The Labute approximate surface area is 182 Å². The maximum absolute atomic E-state index is 15.1. The molecule has 0 spiro atoms. The Balaban J connectivity index is 1.57. The minimum Gasteiger partial charge on any atom is -0.441 e. The highest BCUT2D eigenvalue weighted by molar-refractivity contribution is 5.90. The van der Waals surface area contributed by atoms with Crippen LogP contribution in [0.1, 0.15) is 43.6 Å². The van der Waals surface area contributed by atoms with Crippen molar-refractivity contribution in [3.63, 3.8) is 0 Å². The summed E-state index contributed by atoms with van der Waals surface area (Å²) in [5, 5.41) is 0. The zero-order chi connectivity index (χ0) is 23.1. The molecule has 1 amide bonds. The fourth-order valence-electron chi connectivity index (χ4n) is 5.06. The molecule has 1 saturated carbocycles. The molecule has 2 fully saturated rings. The summed E-state index contributed by atoms with van der Waals surface area (Å²) >= 11 is 0. The molecule has 1 aliphatic heterocycles. The molecule has 8 nitrogen and oxygen atoms in total. The first-order chi connectivity index (χ1) is 15.0. The summed E-state index contributed by atoms with van der Waals surface area (Å²) in [4.78, 5) is 35.3. The maximum Gasteiger partial charge on any atom is 0.330 e. The third kappa shape index (κ3) is 2.77. The van der Waals surface area contributed by atoms with Crippen molar-refractivity contribution in [2.24, 2.45) is 18.4 Å². The monoisotopic (exact) mass is 445 g/mol. The second kappa shape index (κ2) is 6.49. The number of aryl methyl sites for hydroxylation is 1. The summed E-state index contributed by atoms with van der Waals surface area (Å²) < 4.78 is 38.4. The number of fused-ring (bicyclic) bond motifs is 2. The van der Waals surface area contributed by atoms with Crippen molar-refractivity contribution < 1.29 is 18.0 Å². The second-order valence-electron chi connectivity index (χ2n) is 10.0. The first-order valence-corrected chi connectivity index (χ1v) is 10.6. The maximum atomic E-state index is 15.1. The molecule has 1 aliphatic carbocycles. The van der Waals surface area contributed by atoms with Crippen LogP contribution in [-0.4, -0.2) is 48.9 Å². The van der Waals surface area contributed by atoms with E-state index in [1.54, 1.807) is 23.7 Å². The molecular weight excluding hydrogens is 420 g/mol. The van der Waals surface area contributed by atoms with E-state index in [1.165, 1.54) is 21.9 Å². The fraction of sp³-hybridized carbons (Fsp3) is 0.545. The number of pyridine rings is 1. The number of oxazole rings is 1. The Hall–Kier alpha value is -3.04. The Morgan fingerprint density at radius 3 is 2.72 bits per heavy atom. The van der Waals surface area contributed by atoms with E-state index in [-0.39, 0.29) is 42.2 Å². The minimum absolute atomic E-state index is 0.118. The van der Waals surface area contributed by atoms with Crippen LogP contribution in [0.4, 0.5) is 8.78 Å². The van der Waals surface area contributed by atoms with Crippen LogP contribution < -0.4 is 5.69 Å². The van der Waals surface area contributed by atoms with Gasteiger partial charge in [0.1, 0.15) is 11.7 Å². The van der Waals surface area contributed by atoms with Gasteiger partial charge < -0.3 is 9.32 Å². The predicted octanol–water partition coefficient (Wildman–Crippen LogP) is 2.82. The highest BCUT2D eigenvalue weighted by Crippen LogP contribution is 2.69. The topological polar surface area (TPSA) is 86.2 Å². The summed E-state index contributed by atoms with van der Waals surface area (Å²) in [7, 11) is 1.60. The number of carbonyl (C=O) groups is 1. The van der Waals surface area contributed by atoms with Crippen LogP contribution in [0.15, 0.2) is 33.8 Å². The fourth-order valence-corrected chi connectivity index (χ4v) is 5.06. The lowest BCUT2D eigenvalue weighted by Crippen LogP contribution is -2.44. The number of nitrogens with zero attached hydrogens (tertiary/aromatic N) is 5. The van der Waals surface area contributed by atoms with Crippen LogP contribution in [0.2, 0.25) is 0 Å². The van der Waals surface area contributed by atoms with Gasteiger partial charge in [-0.15, -0.1) is 0 Å². The van der Waals surface area contributed by atoms with E-state index < -0.39 is 23.2 Å². The molecule has 2 aliphatic rings. The molecule has 2 unspecified atom stereocenters. The summed E-state index contributed by atoms with van der Waals surface area (Å²) in [5.41, 5.74) is -0.785. The van der Waals surface area contributed by atoms with Gasteiger partial charge in [-0.05, 0) is 24.0 Å². The van der Waals surface area contributed by atoms with Gasteiger partial charge in [-0.2, -0.15) is 0 Å². The van der Waals surface area contributed by atoms with Crippen LogP contribution in [0.5, 0.6) is 0 Å². The number of hydrogen-bond acceptors (Lipinski definition) is 5. The highest BCUT2D eigenvalue weighted by atomic mass is 19.3. The zero-order valence-corrected chi connectivity index (χ0v) is 18.4. The van der Waals surface area contributed by atoms with Gasteiger partial charge >= 0.3 is 11.6 Å². The van der Waals surface area contributed by atoms with E-state index in [0.717, 1.165) is 0 Å². The number of aromatic nitrogens is 4. The minimum atomic E-state index is -2.99. The number of halogens is 2. The van der Waals surface area contributed by atoms with Gasteiger partial charge in [0, 0.05) is 32.6 Å². The molecule has 2 atom stereocenters. The normalized spacial score (nSPS) is 24.6. The largest absolute Gasteiger partial charge is 0.441 e. The van der Waals surface area contributed by atoms with Gasteiger partial charge in [0.05, 0.1) is 17.4 Å². The van der Waals surface area contributed by atoms with E-state index in [4.69, 9.17) is 4.42 Å². The van der Waals surface area contributed by atoms with Crippen molar-refractivity contribution in [3.05, 3.63) is 46.7 Å². The molecule has 32 heavy (non-hydrogen) atoms. The molecule has 3 aromatic heterocycles. The quantitative estimate of drug-likeness (QED) is 0.619. The standard InChI is InChI=1S/C22H25F2N5O3/c1-20(2,3)11-29-13-5-6-15(26-16(13)27(4)19(29)31)21-12-28(9-7-14(21)22(21,23)24)18(30)17-25-8-10-32-17/h5-6,8,10,14H,7,9,11-12H2,1-4H3. The average molecular weight is 445 g/mol. The lowest BCUT2D eigenvalue weighted by atomic mass is 9.92. The molecule has 0 aromatic carbocycles. The number of piperidine rings is 1. The molecule has 1 saturated heterocycles. The van der Waals surface area contributed by atoms with Gasteiger partial charge in [0.15, 0.2) is 5.65 Å². The molecular formula is C22H25F2N5O3. The van der Waals surface area contributed by atoms with Crippen molar-refractivity contribution in [1.82, 2.24) is 24.0 Å². The van der Waals surface area contributed by atoms with Crippen LogP contribution in [0.3, 0.4) is 0 Å². The Morgan fingerprint density at radius 2 is 2.06 bits per heavy atom. The number of hydrogen-bond donors (Lipinski definition) is 0. The summed E-state index contributed by atoms with van der Waals surface area (Å²) in [5.74, 6) is -4.53. The first kappa shape index (κ1) is 20.8. The number of imidazole rings is 1. The lowest BCUT2D eigenvalue weighted by molar-refractivity contribution is 0.0596. The number of alkyl halides is 2. The number of amides is 1. The zero-order valence-electron chi connectivity index (χ0n) is 18.4. The molecule has 170 valence electrons. The smallest absolute Gasteiger partial charge is 0.330 e. The van der Waals surface area contributed by atoms with Crippen LogP contribution >= 0.6 is 0 Å². The average Bonchev–Trinajstić information content (AvgIpc) is 3.11. The number of likely N-dealkylation sites (tertiary alicyclic amines) is 1. The number of carbonyl (C=O) groups excluding carboxylic acids is 1. The van der Waals surface area contributed by atoms with E-state index in [0.29, 0.717) is 17.7 Å². The van der Waals surface area contributed by atoms with Gasteiger partial charge in [-0.3, -0.25) is 13.9 Å². The van der Waals surface area contributed by atoms with Crippen molar-refractivity contribution in [3.8, 4) is 0 Å². The first-order valence-electron chi connectivity index (χ1n) is 10.6. The van der Waals surface area contributed by atoms with Crippen LogP contribution in [-0.2, 0) is 19.0 Å². The SMILES string of the molecule is Cn1c(=O)n(CC(C)(C)C)c2ccc(C34CN(C(=O)c5ncco5)CCC3C4(F)F)nc21. The summed E-state index contributed by atoms with van der Waals surface area (Å²) in [6, 6.07) is 3.27. The van der Waals surface area contributed by atoms with E-state index in [1.807, 2.05) is 20.8 Å². The molecule has 4 heterocycles. The van der Waals surface area contributed by atoms with Crippen LogP contribution in [0.25, 0.3) is 11.2 Å². The molecule has 0 bridgehead atoms. The van der Waals surface area contributed by atoms with E-state index >= 15 is 8.78 Å². The Kier molecular flexibility index (Phi) is 4.23. The lowest BCUT2D eigenvalue weighted by Gasteiger charge is -2.30. The van der Waals surface area contributed by atoms with Crippen molar-refractivity contribution in [2.75, 3.05) is 13.1 Å². The predicted molar refractivity (Wildman–Crippen MR) is 112 cm³/mol. The van der Waals surface area contributed by atoms with E-state index in [2.05, 4.69) is 9.97 Å².